The first-order chi connectivity index (χ1) is 9.41. The van der Waals surface area contributed by atoms with Crippen molar-refractivity contribution in [1.82, 2.24) is 0 Å². The fourth-order valence-electron chi connectivity index (χ4n) is 2.28. The summed E-state index contributed by atoms with van der Waals surface area (Å²) in [4.78, 5) is 0. The van der Waals surface area contributed by atoms with E-state index in [-0.39, 0.29) is 23.3 Å². The van der Waals surface area contributed by atoms with E-state index in [2.05, 4.69) is 5.32 Å². The number of rotatable bonds is 3. The van der Waals surface area contributed by atoms with Crippen molar-refractivity contribution in [3.63, 3.8) is 0 Å². The molecule has 0 fully saturated rings. The van der Waals surface area contributed by atoms with Gasteiger partial charge in [-0.2, -0.15) is 0 Å². The van der Waals surface area contributed by atoms with Gasteiger partial charge in [-0.3, -0.25) is 0 Å². The van der Waals surface area contributed by atoms with Crippen molar-refractivity contribution < 1.29 is 15.3 Å². The van der Waals surface area contributed by atoms with Crippen LogP contribution in [0.15, 0.2) is 30.3 Å². The van der Waals surface area contributed by atoms with Crippen LogP contribution in [0.3, 0.4) is 0 Å². The van der Waals surface area contributed by atoms with Crippen molar-refractivity contribution in [1.29, 1.82) is 0 Å². The Kier molecular flexibility index (Phi) is 3.74. The summed E-state index contributed by atoms with van der Waals surface area (Å²) in [6.07, 6.45) is 0. The predicted octanol–water partition coefficient (Wildman–Crippen LogP) is 3.59. The minimum atomic E-state index is -0.294. The second-order valence-electron chi connectivity index (χ2n) is 4.98. The summed E-state index contributed by atoms with van der Waals surface area (Å²) in [6, 6.07) is 8.06. The van der Waals surface area contributed by atoms with E-state index in [4.69, 9.17) is 0 Å². The average molecular weight is 273 g/mol. The maximum absolute atomic E-state index is 9.94. The molecule has 0 aliphatic carbocycles. The summed E-state index contributed by atoms with van der Waals surface area (Å²) in [5.74, 6) is 0.335. The third-order valence-electron chi connectivity index (χ3n) is 3.50. The molecule has 2 rings (SSSR count). The van der Waals surface area contributed by atoms with Crippen LogP contribution in [-0.4, -0.2) is 15.3 Å². The Balaban J connectivity index is 2.33. The van der Waals surface area contributed by atoms with Crippen molar-refractivity contribution in [3.8, 4) is 17.2 Å². The first kappa shape index (κ1) is 14.1. The van der Waals surface area contributed by atoms with Crippen LogP contribution in [0.2, 0.25) is 0 Å². The van der Waals surface area contributed by atoms with Gasteiger partial charge >= 0.3 is 0 Å². The van der Waals surface area contributed by atoms with Gasteiger partial charge in [0.05, 0.1) is 11.6 Å². The molecule has 4 nitrogen and oxygen atoms in total. The van der Waals surface area contributed by atoms with Crippen LogP contribution in [0.25, 0.3) is 0 Å². The van der Waals surface area contributed by atoms with E-state index in [1.165, 1.54) is 12.1 Å². The fourth-order valence-corrected chi connectivity index (χ4v) is 2.28. The molecule has 2 aromatic rings. The monoisotopic (exact) mass is 273 g/mol. The molecule has 0 aliphatic heterocycles. The minimum Gasteiger partial charge on any atom is -0.507 e. The molecule has 0 saturated carbocycles. The van der Waals surface area contributed by atoms with Gasteiger partial charge in [-0.05, 0) is 44.5 Å². The number of aromatic hydroxyl groups is 3. The van der Waals surface area contributed by atoms with E-state index in [1.807, 2.05) is 32.9 Å². The highest BCUT2D eigenvalue weighted by atomic mass is 16.3. The lowest BCUT2D eigenvalue weighted by atomic mass is 10.0. The Morgan fingerprint density at radius 1 is 0.950 bits per heavy atom. The van der Waals surface area contributed by atoms with Gasteiger partial charge in [0, 0.05) is 11.3 Å². The Morgan fingerprint density at radius 3 is 2.15 bits per heavy atom. The normalized spacial score (nSPS) is 12.2. The van der Waals surface area contributed by atoms with Crippen molar-refractivity contribution in [2.45, 2.75) is 26.8 Å². The number of phenols is 3. The summed E-state index contributed by atoms with van der Waals surface area (Å²) >= 11 is 0. The molecular formula is C16H19NO3. The van der Waals surface area contributed by atoms with E-state index in [0.717, 1.165) is 16.8 Å². The van der Waals surface area contributed by atoms with Crippen LogP contribution in [0, 0.1) is 13.8 Å². The van der Waals surface area contributed by atoms with Gasteiger partial charge in [0.15, 0.2) is 0 Å². The molecule has 0 amide bonds. The third-order valence-corrected chi connectivity index (χ3v) is 3.50. The number of phenolic OH excluding ortho intramolecular Hbond substituents is 3. The van der Waals surface area contributed by atoms with Gasteiger partial charge in [0.2, 0.25) is 0 Å². The summed E-state index contributed by atoms with van der Waals surface area (Å²) in [5, 5.41) is 32.9. The van der Waals surface area contributed by atoms with E-state index in [1.54, 1.807) is 6.07 Å². The van der Waals surface area contributed by atoms with Crippen LogP contribution in [0.4, 0.5) is 5.69 Å². The molecule has 2 aromatic carbocycles. The first-order valence-electron chi connectivity index (χ1n) is 6.48. The van der Waals surface area contributed by atoms with Crippen molar-refractivity contribution in [2.24, 2.45) is 0 Å². The topological polar surface area (TPSA) is 72.7 Å². The zero-order valence-corrected chi connectivity index (χ0v) is 11.8. The van der Waals surface area contributed by atoms with Crippen molar-refractivity contribution in [2.75, 3.05) is 5.32 Å². The largest absolute Gasteiger partial charge is 0.507 e. The van der Waals surface area contributed by atoms with Crippen LogP contribution in [0.5, 0.6) is 17.2 Å². The molecule has 0 bridgehead atoms. The molecule has 0 aliphatic rings. The summed E-state index contributed by atoms with van der Waals surface area (Å²) in [5.41, 5.74) is 2.76. The second-order valence-corrected chi connectivity index (χ2v) is 4.98. The van der Waals surface area contributed by atoms with Gasteiger partial charge in [-0.1, -0.05) is 12.1 Å². The molecule has 106 valence electrons. The van der Waals surface area contributed by atoms with E-state index in [9.17, 15) is 15.3 Å². The van der Waals surface area contributed by atoms with Crippen LogP contribution in [0.1, 0.15) is 29.7 Å². The van der Waals surface area contributed by atoms with Crippen LogP contribution < -0.4 is 5.32 Å². The number of hydrogen-bond donors (Lipinski definition) is 4. The SMILES string of the molecule is Cc1ccc(NC(C)c2c(O)cccc2O)c(C)c1O. The first-order valence-corrected chi connectivity index (χ1v) is 6.48. The maximum atomic E-state index is 9.94. The highest BCUT2D eigenvalue weighted by Crippen LogP contribution is 2.36. The van der Waals surface area contributed by atoms with E-state index < -0.39 is 0 Å². The van der Waals surface area contributed by atoms with Crippen LogP contribution in [-0.2, 0) is 0 Å². The lowest BCUT2D eigenvalue weighted by Crippen LogP contribution is -2.08. The van der Waals surface area contributed by atoms with Crippen LogP contribution >= 0.6 is 0 Å². The fraction of sp³-hybridized carbons (Fsp3) is 0.250. The lowest BCUT2D eigenvalue weighted by Gasteiger charge is -2.20. The molecule has 0 radical (unpaired) electrons. The highest BCUT2D eigenvalue weighted by molar-refractivity contribution is 5.61. The van der Waals surface area contributed by atoms with Gasteiger partial charge in [-0.15, -0.1) is 0 Å². The highest BCUT2D eigenvalue weighted by Gasteiger charge is 2.16. The average Bonchev–Trinajstić information content (AvgIpc) is 2.39. The molecule has 0 spiro atoms. The number of benzene rings is 2. The number of hydrogen-bond acceptors (Lipinski definition) is 4. The second kappa shape index (κ2) is 5.33. The molecule has 0 heterocycles. The van der Waals surface area contributed by atoms with Gasteiger partial charge in [-0.25, -0.2) is 0 Å². The Bertz CT molecular complexity index is 618. The summed E-state index contributed by atoms with van der Waals surface area (Å²) in [6.45, 7) is 5.50. The maximum Gasteiger partial charge on any atom is 0.124 e. The van der Waals surface area contributed by atoms with Crippen molar-refractivity contribution in [3.05, 3.63) is 47.0 Å². The lowest BCUT2D eigenvalue weighted by molar-refractivity contribution is 0.434. The standard InChI is InChI=1S/C16H19NO3/c1-9-7-8-12(10(2)16(9)20)17-11(3)15-13(18)5-4-6-14(15)19/h4-8,11,17-20H,1-3H3. The Morgan fingerprint density at radius 2 is 1.55 bits per heavy atom. The van der Waals surface area contributed by atoms with Gasteiger partial charge < -0.3 is 20.6 Å². The smallest absolute Gasteiger partial charge is 0.124 e. The molecule has 1 unspecified atom stereocenters. The Labute approximate surface area is 118 Å². The van der Waals surface area contributed by atoms with Gasteiger partial charge in [0.1, 0.15) is 17.2 Å². The molecule has 20 heavy (non-hydrogen) atoms. The minimum absolute atomic E-state index is 0.0407. The molecule has 0 saturated heterocycles. The molecule has 4 N–H and O–H groups in total. The number of nitrogens with one attached hydrogen (secondary N) is 1. The van der Waals surface area contributed by atoms with Crippen molar-refractivity contribution >= 4 is 5.69 Å². The molecule has 0 aromatic heterocycles. The molecular weight excluding hydrogens is 254 g/mol. The number of aryl methyl sites for hydroxylation is 1. The molecule has 4 heteroatoms. The molecule has 1 atom stereocenters. The Hall–Kier alpha value is -2.36. The summed E-state index contributed by atoms with van der Waals surface area (Å²) < 4.78 is 0. The van der Waals surface area contributed by atoms with E-state index in [0.29, 0.717) is 5.56 Å². The predicted molar refractivity (Wildman–Crippen MR) is 79.4 cm³/mol. The zero-order valence-electron chi connectivity index (χ0n) is 11.8. The van der Waals surface area contributed by atoms with Gasteiger partial charge in [0.25, 0.3) is 0 Å². The van der Waals surface area contributed by atoms with E-state index >= 15 is 0 Å². The quantitative estimate of drug-likeness (QED) is 0.689. The summed E-state index contributed by atoms with van der Waals surface area (Å²) in [7, 11) is 0. The third kappa shape index (κ3) is 2.50. The zero-order chi connectivity index (χ0) is 14.9. The number of anilines is 1.